The Morgan fingerprint density at radius 2 is 1.91 bits per heavy atom. The van der Waals surface area contributed by atoms with Crippen LogP contribution in [0.3, 0.4) is 0 Å². The van der Waals surface area contributed by atoms with Crippen molar-refractivity contribution in [3.8, 4) is 5.00 Å². The van der Waals surface area contributed by atoms with Gasteiger partial charge in [-0.1, -0.05) is 24.3 Å². The molecule has 3 heterocycles. The Bertz CT molecular complexity index is 1160. The summed E-state index contributed by atoms with van der Waals surface area (Å²) in [5, 5.41) is 27.8. The highest BCUT2D eigenvalue weighted by molar-refractivity contribution is 7.15. The van der Waals surface area contributed by atoms with Crippen molar-refractivity contribution in [2.75, 3.05) is 6.54 Å². The quantitative estimate of drug-likeness (QED) is 0.352. The summed E-state index contributed by atoms with van der Waals surface area (Å²) in [6, 6.07) is 7.70. The van der Waals surface area contributed by atoms with Crippen molar-refractivity contribution in [3.05, 3.63) is 63.0 Å². The van der Waals surface area contributed by atoms with Gasteiger partial charge >= 0.3 is 5.97 Å². The lowest BCUT2D eigenvalue weighted by molar-refractivity contribution is -0.137. The second-order valence-electron chi connectivity index (χ2n) is 8.06. The molecule has 0 fully saturated rings. The van der Waals surface area contributed by atoms with Gasteiger partial charge in [0.1, 0.15) is 16.9 Å². The van der Waals surface area contributed by atoms with Gasteiger partial charge in [0.25, 0.3) is 0 Å². The van der Waals surface area contributed by atoms with Crippen LogP contribution in [-0.4, -0.2) is 43.3 Å². The zero-order chi connectivity index (χ0) is 22.8. The van der Waals surface area contributed by atoms with Crippen LogP contribution >= 0.6 is 11.3 Å². The van der Waals surface area contributed by atoms with Gasteiger partial charge in [0, 0.05) is 22.5 Å². The number of hydrogen-bond acceptors (Lipinski definition) is 7. The Morgan fingerprint density at radius 3 is 2.59 bits per heavy atom. The standard InChI is InChI=1S/C23H27N5O3S/c1-13-14(2)32-23-20(13)21(17-9-7-16(8-10-17)6-4-5-11-24-31)25-18(12-19(29)30)22-27-26-15(3)28(22)23/h7-10,18,24,31H,4-6,11-12H2,1-3H3,(H,29,30). The van der Waals surface area contributed by atoms with Gasteiger partial charge in [0.2, 0.25) is 0 Å². The number of hydrogen-bond donors (Lipinski definition) is 3. The lowest BCUT2D eigenvalue weighted by Crippen LogP contribution is -2.10. The Labute approximate surface area is 190 Å². The molecule has 0 aliphatic carbocycles. The summed E-state index contributed by atoms with van der Waals surface area (Å²) >= 11 is 1.66. The smallest absolute Gasteiger partial charge is 0.306 e. The first-order valence-corrected chi connectivity index (χ1v) is 11.5. The number of carbonyl (C=O) groups is 1. The second kappa shape index (κ2) is 9.32. The first-order valence-electron chi connectivity index (χ1n) is 10.7. The van der Waals surface area contributed by atoms with Crippen molar-refractivity contribution < 1.29 is 15.1 Å². The molecule has 8 nitrogen and oxygen atoms in total. The van der Waals surface area contributed by atoms with Crippen LogP contribution in [0.25, 0.3) is 5.00 Å². The number of rotatable bonds is 8. The zero-order valence-corrected chi connectivity index (χ0v) is 19.2. The molecule has 32 heavy (non-hydrogen) atoms. The van der Waals surface area contributed by atoms with Crippen LogP contribution in [0.15, 0.2) is 29.3 Å². The molecule has 0 radical (unpaired) electrons. The number of aryl methyl sites for hydroxylation is 3. The summed E-state index contributed by atoms with van der Waals surface area (Å²) in [4.78, 5) is 17.8. The van der Waals surface area contributed by atoms with Crippen LogP contribution in [0.2, 0.25) is 0 Å². The summed E-state index contributed by atoms with van der Waals surface area (Å²) in [6.07, 6.45) is 2.66. The number of hydroxylamine groups is 1. The molecule has 3 aromatic rings. The minimum atomic E-state index is -0.920. The molecule has 1 aliphatic heterocycles. The van der Waals surface area contributed by atoms with Crippen LogP contribution in [-0.2, 0) is 11.2 Å². The lowest BCUT2D eigenvalue weighted by atomic mass is 9.97. The van der Waals surface area contributed by atoms with Gasteiger partial charge in [-0.3, -0.25) is 14.4 Å². The zero-order valence-electron chi connectivity index (χ0n) is 18.4. The molecule has 0 amide bonds. The number of fused-ring (bicyclic) bond motifs is 3. The van der Waals surface area contributed by atoms with E-state index < -0.39 is 12.0 Å². The van der Waals surface area contributed by atoms with Crippen LogP contribution in [0.4, 0.5) is 0 Å². The largest absolute Gasteiger partial charge is 0.481 e. The Kier molecular flexibility index (Phi) is 6.50. The van der Waals surface area contributed by atoms with Gasteiger partial charge in [-0.2, -0.15) is 0 Å². The van der Waals surface area contributed by atoms with Gasteiger partial charge in [0.05, 0.1) is 12.1 Å². The van der Waals surface area contributed by atoms with Crippen molar-refractivity contribution in [3.63, 3.8) is 0 Å². The van der Waals surface area contributed by atoms with Crippen LogP contribution in [0, 0.1) is 20.8 Å². The molecule has 4 rings (SSSR count). The van der Waals surface area contributed by atoms with Crippen LogP contribution < -0.4 is 5.48 Å². The van der Waals surface area contributed by atoms with E-state index in [9.17, 15) is 9.90 Å². The monoisotopic (exact) mass is 453 g/mol. The van der Waals surface area contributed by atoms with Gasteiger partial charge in [0.15, 0.2) is 5.82 Å². The topological polar surface area (TPSA) is 113 Å². The first-order chi connectivity index (χ1) is 15.4. The summed E-state index contributed by atoms with van der Waals surface area (Å²) in [5.74, 6) is 0.370. The van der Waals surface area contributed by atoms with Crippen molar-refractivity contribution >= 4 is 23.0 Å². The molecule has 0 spiro atoms. The van der Waals surface area contributed by atoms with E-state index in [4.69, 9.17) is 10.2 Å². The predicted octanol–water partition coefficient (Wildman–Crippen LogP) is 3.92. The average Bonchev–Trinajstić information content (AvgIpc) is 3.24. The molecule has 9 heteroatoms. The molecule has 1 aromatic carbocycles. The van der Waals surface area contributed by atoms with Crippen molar-refractivity contribution in [1.29, 1.82) is 0 Å². The van der Waals surface area contributed by atoms with Gasteiger partial charge < -0.3 is 10.3 Å². The number of thiophene rings is 1. The van der Waals surface area contributed by atoms with E-state index in [2.05, 4.69) is 53.8 Å². The third-order valence-electron chi connectivity index (χ3n) is 5.84. The molecular formula is C23H27N5O3S. The summed E-state index contributed by atoms with van der Waals surface area (Å²) in [6.45, 7) is 6.64. The average molecular weight is 454 g/mol. The molecule has 0 saturated carbocycles. The van der Waals surface area contributed by atoms with E-state index >= 15 is 0 Å². The summed E-state index contributed by atoms with van der Waals surface area (Å²) in [5.41, 5.74) is 7.32. The number of carboxylic acids is 1. The Morgan fingerprint density at radius 1 is 1.16 bits per heavy atom. The maximum absolute atomic E-state index is 11.6. The van der Waals surface area contributed by atoms with Crippen molar-refractivity contribution in [1.82, 2.24) is 20.2 Å². The third kappa shape index (κ3) is 4.23. The number of aromatic nitrogens is 3. The molecule has 168 valence electrons. The van der Waals surface area contributed by atoms with Crippen molar-refractivity contribution in [2.45, 2.75) is 52.5 Å². The van der Waals surface area contributed by atoms with Crippen LogP contribution in [0.1, 0.15) is 64.1 Å². The number of nitrogens with zero attached hydrogens (tertiary/aromatic N) is 4. The maximum atomic E-state index is 11.6. The minimum Gasteiger partial charge on any atom is -0.481 e. The van der Waals surface area contributed by atoms with E-state index in [-0.39, 0.29) is 6.42 Å². The third-order valence-corrected chi connectivity index (χ3v) is 7.03. The SMILES string of the molecule is Cc1sc2c(c1C)C(c1ccc(CCCCNO)cc1)=NC(CC(=O)O)c1nnc(C)n1-2. The number of benzene rings is 1. The number of aliphatic imine (C=N–C) groups is 1. The van der Waals surface area contributed by atoms with Crippen LogP contribution in [0.5, 0.6) is 0 Å². The van der Waals surface area contributed by atoms with E-state index in [0.717, 1.165) is 52.5 Å². The summed E-state index contributed by atoms with van der Waals surface area (Å²) < 4.78 is 1.97. The fourth-order valence-corrected chi connectivity index (χ4v) is 5.27. The Hall–Kier alpha value is -2.88. The van der Waals surface area contributed by atoms with Crippen molar-refractivity contribution in [2.24, 2.45) is 4.99 Å². The molecule has 3 N–H and O–H groups in total. The minimum absolute atomic E-state index is 0.147. The number of aliphatic carboxylic acids is 1. The second-order valence-corrected chi connectivity index (χ2v) is 9.26. The molecule has 0 bridgehead atoms. The maximum Gasteiger partial charge on any atom is 0.306 e. The van der Waals surface area contributed by atoms with E-state index in [0.29, 0.717) is 12.4 Å². The number of unbranched alkanes of at least 4 members (excludes halogenated alkanes) is 1. The molecule has 1 atom stereocenters. The molecule has 0 saturated heterocycles. The van der Waals surface area contributed by atoms with E-state index in [1.54, 1.807) is 11.3 Å². The first kappa shape index (κ1) is 22.3. The fraction of sp³-hybridized carbons (Fsp3) is 0.391. The number of carboxylic acid groups (broad SMARTS) is 1. The fourth-order valence-electron chi connectivity index (χ4n) is 4.05. The molecule has 1 unspecified atom stereocenters. The van der Waals surface area contributed by atoms with Gasteiger partial charge in [-0.15, -0.1) is 21.5 Å². The lowest BCUT2D eigenvalue weighted by Gasteiger charge is -2.11. The number of nitrogens with one attached hydrogen (secondary N) is 1. The summed E-state index contributed by atoms with van der Waals surface area (Å²) in [7, 11) is 0. The highest BCUT2D eigenvalue weighted by atomic mass is 32.1. The van der Waals surface area contributed by atoms with Gasteiger partial charge in [-0.05, 0) is 51.2 Å². The molecule has 2 aromatic heterocycles. The highest BCUT2D eigenvalue weighted by Crippen LogP contribution is 2.39. The normalized spacial score (nSPS) is 15.1. The molecular weight excluding hydrogens is 426 g/mol. The predicted molar refractivity (Wildman–Crippen MR) is 123 cm³/mol. The van der Waals surface area contributed by atoms with Gasteiger partial charge in [-0.25, -0.2) is 5.48 Å². The molecule has 1 aliphatic rings. The van der Waals surface area contributed by atoms with E-state index in [1.807, 2.05) is 11.5 Å². The highest BCUT2D eigenvalue weighted by Gasteiger charge is 2.32. The Balaban J connectivity index is 1.78. The van der Waals surface area contributed by atoms with E-state index in [1.165, 1.54) is 10.4 Å².